The Balaban J connectivity index is 2.15. The van der Waals surface area contributed by atoms with Gasteiger partial charge in [-0.05, 0) is 23.8 Å². The maximum Gasteiger partial charge on any atom is 0.416 e. The van der Waals surface area contributed by atoms with Crippen LogP contribution in [-0.4, -0.2) is 24.4 Å². The monoisotopic (exact) mass is 376 g/mol. The van der Waals surface area contributed by atoms with Gasteiger partial charge in [0, 0.05) is 13.0 Å². The van der Waals surface area contributed by atoms with Gasteiger partial charge in [0.15, 0.2) is 0 Å². The first-order chi connectivity index (χ1) is 11.3. The smallest absolute Gasteiger partial charge is 0.351 e. The summed E-state index contributed by atoms with van der Waals surface area (Å²) in [5, 5.41) is 4.30. The Morgan fingerprint density at radius 3 is 2.00 bits per heavy atom. The fourth-order valence-electron chi connectivity index (χ4n) is 2.33. The van der Waals surface area contributed by atoms with Crippen LogP contribution >= 0.6 is 0 Å². The van der Waals surface area contributed by atoms with Crippen molar-refractivity contribution >= 4 is 5.91 Å². The standard InChI is InChI=1S/C14H12F8N2O/c15-12(16)4-10(24-6-12)11(25)23-5-7-1-8(13(17,18)19)3-9(2-7)14(20,21)22/h1-3,10,24H,4-6H2,(H,23,25)/t10-/m0/s1. The molecule has 1 fully saturated rings. The Kier molecular flexibility index (Phi) is 4.99. The van der Waals surface area contributed by atoms with Crippen molar-refractivity contribution in [2.24, 2.45) is 0 Å². The maximum absolute atomic E-state index is 13.0. The molecule has 1 amide bonds. The summed E-state index contributed by atoms with van der Waals surface area (Å²) < 4.78 is 102. The third-order valence-corrected chi connectivity index (χ3v) is 3.54. The van der Waals surface area contributed by atoms with E-state index in [9.17, 15) is 39.9 Å². The number of nitrogens with one attached hydrogen (secondary N) is 2. The Bertz CT molecular complexity index is 621. The highest BCUT2D eigenvalue weighted by molar-refractivity contribution is 5.82. The molecule has 1 aromatic carbocycles. The van der Waals surface area contributed by atoms with Gasteiger partial charge in [-0.25, -0.2) is 8.78 Å². The van der Waals surface area contributed by atoms with Crippen LogP contribution in [-0.2, 0) is 23.7 Å². The van der Waals surface area contributed by atoms with Crippen molar-refractivity contribution in [1.82, 2.24) is 10.6 Å². The summed E-state index contributed by atoms with van der Waals surface area (Å²) in [4.78, 5) is 11.7. The number of carbonyl (C=O) groups is 1. The van der Waals surface area contributed by atoms with Crippen LogP contribution in [0, 0.1) is 0 Å². The second-order valence-corrected chi connectivity index (χ2v) is 5.63. The largest absolute Gasteiger partial charge is 0.416 e. The molecule has 1 aliphatic rings. The minimum atomic E-state index is -5.00. The second-order valence-electron chi connectivity index (χ2n) is 5.63. The van der Waals surface area contributed by atoms with Crippen LogP contribution in [0.5, 0.6) is 0 Å². The number of alkyl halides is 8. The zero-order chi connectivity index (χ0) is 19.0. The summed E-state index contributed by atoms with van der Waals surface area (Å²) in [6.45, 7) is -1.39. The highest BCUT2D eigenvalue weighted by Gasteiger charge is 2.42. The molecule has 0 aromatic heterocycles. The van der Waals surface area contributed by atoms with E-state index in [0.717, 1.165) is 0 Å². The van der Waals surface area contributed by atoms with Crippen LogP contribution in [0.3, 0.4) is 0 Å². The van der Waals surface area contributed by atoms with Crippen LogP contribution in [0.1, 0.15) is 23.1 Å². The molecule has 0 unspecified atom stereocenters. The van der Waals surface area contributed by atoms with Crippen molar-refractivity contribution in [3.05, 3.63) is 34.9 Å². The van der Waals surface area contributed by atoms with Gasteiger partial charge in [0.25, 0.3) is 5.92 Å². The van der Waals surface area contributed by atoms with E-state index in [-0.39, 0.29) is 6.07 Å². The van der Waals surface area contributed by atoms with E-state index in [4.69, 9.17) is 0 Å². The van der Waals surface area contributed by atoms with Crippen LogP contribution in [0.2, 0.25) is 0 Å². The van der Waals surface area contributed by atoms with Crippen molar-refractivity contribution in [2.75, 3.05) is 6.54 Å². The summed E-state index contributed by atoms with van der Waals surface area (Å²) in [6.07, 6.45) is -10.8. The summed E-state index contributed by atoms with van der Waals surface area (Å²) >= 11 is 0. The number of carbonyl (C=O) groups excluding carboxylic acids is 1. The van der Waals surface area contributed by atoms with Crippen LogP contribution in [0.15, 0.2) is 18.2 Å². The lowest BCUT2D eigenvalue weighted by Gasteiger charge is -2.15. The molecule has 1 heterocycles. The first-order valence-electron chi connectivity index (χ1n) is 6.95. The summed E-state index contributed by atoms with van der Waals surface area (Å²) in [5.74, 6) is -4.02. The third kappa shape index (κ3) is 5.03. The molecule has 0 spiro atoms. The van der Waals surface area contributed by atoms with Gasteiger partial charge < -0.3 is 5.32 Å². The van der Waals surface area contributed by atoms with E-state index in [1.54, 1.807) is 0 Å². The Morgan fingerprint density at radius 1 is 1.08 bits per heavy atom. The highest BCUT2D eigenvalue weighted by Crippen LogP contribution is 2.36. The molecular formula is C14H12F8N2O. The molecule has 3 nitrogen and oxygen atoms in total. The minimum Gasteiger partial charge on any atom is -0.351 e. The number of hydrogen-bond acceptors (Lipinski definition) is 2. The van der Waals surface area contributed by atoms with Crippen molar-refractivity contribution in [3.63, 3.8) is 0 Å². The number of halogens is 8. The number of amides is 1. The van der Waals surface area contributed by atoms with Gasteiger partial charge in [0.1, 0.15) is 0 Å². The van der Waals surface area contributed by atoms with Crippen LogP contribution in [0.25, 0.3) is 0 Å². The van der Waals surface area contributed by atoms with E-state index in [1.165, 1.54) is 0 Å². The van der Waals surface area contributed by atoms with Gasteiger partial charge in [-0.15, -0.1) is 0 Å². The van der Waals surface area contributed by atoms with Crippen molar-refractivity contribution in [1.29, 1.82) is 0 Å². The highest BCUT2D eigenvalue weighted by atomic mass is 19.4. The Morgan fingerprint density at radius 2 is 1.60 bits per heavy atom. The third-order valence-electron chi connectivity index (χ3n) is 3.54. The average Bonchev–Trinajstić information content (AvgIpc) is 2.83. The molecule has 25 heavy (non-hydrogen) atoms. The molecule has 2 N–H and O–H groups in total. The molecule has 0 bridgehead atoms. The zero-order valence-electron chi connectivity index (χ0n) is 12.4. The molecule has 1 aromatic rings. The molecule has 1 saturated heterocycles. The second kappa shape index (κ2) is 6.43. The number of benzene rings is 1. The fraction of sp³-hybridized carbons (Fsp3) is 0.500. The van der Waals surface area contributed by atoms with Crippen molar-refractivity contribution < 1.29 is 39.9 Å². The van der Waals surface area contributed by atoms with Crippen molar-refractivity contribution in [3.8, 4) is 0 Å². The molecule has 1 aliphatic heterocycles. The normalized spacial score (nSPS) is 20.6. The molecule has 0 aliphatic carbocycles. The summed E-state index contributed by atoms with van der Waals surface area (Å²) in [5.41, 5.74) is -3.48. The van der Waals surface area contributed by atoms with Gasteiger partial charge in [-0.3, -0.25) is 10.1 Å². The topological polar surface area (TPSA) is 41.1 Å². The maximum atomic E-state index is 13.0. The predicted molar refractivity (Wildman–Crippen MR) is 69.6 cm³/mol. The summed E-state index contributed by atoms with van der Waals surface area (Å²) in [7, 11) is 0. The lowest BCUT2D eigenvalue weighted by Crippen LogP contribution is -2.40. The van der Waals surface area contributed by atoms with Gasteiger partial charge in [-0.1, -0.05) is 0 Å². The van der Waals surface area contributed by atoms with E-state index >= 15 is 0 Å². The fourth-order valence-corrected chi connectivity index (χ4v) is 2.33. The number of rotatable bonds is 3. The van der Waals surface area contributed by atoms with Gasteiger partial charge in [0.05, 0.1) is 23.7 Å². The first kappa shape index (κ1) is 19.4. The van der Waals surface area contributed by atoms with E-state index in [0.29, 0.717) is 12.1 Å². The molecular weight excluding hydrogens is 364 g/mol. The van der Waals surface area contributed by atoms with E-state index < -0.39 is 66.4 Å². The van der Waals surface area contributed by atoms with E-state index in [1.807, 2.05) is 0 Å². The van der Waals surface area contributed by atoms with E-state index in [2.05, 4.69) is 10.6 Å². The van der Waals surface area contributed by atoms with Gasteiger partial charge in [0.2, 0.25) is 5.91 Å². The van der Waals surface area contributed by atoms with Crippen LogP contribution in [0.4, 0.5) is 35.1 Å². The van der Waals surface area contributed by atoms with Gasteiger partial charge >= 0.3 is 12.4 Å². The Hall–Kier alpha value is -1.91. The zero-order valence-corrected chi connectivity index (χ0v) is 12.4. The number of hydrogen-bond donors (Lipinski definition) is 2. The predicted octanol–water partition coefficient (Wildman–Crippen LogP) is 3.34. The Labute approximate surface area is 136 Å². The lowest BCUT2D eigenvalue weighted by molar-refractivity contribution is -0.143. The van der Waals surface area contributed by atoms with Gasteiger partial charge in [-0.2, -0.15) is 26.3 Å². The SMILES string of the molecule is O=C(NCc1cc(C(F)(F)F)cc(C(F)(F)F)c1)[C@@H]1CC(F)(F)CN1. The molecule has 1 atom stereocenters. The minimum absolute atomic E-state index is 0.0373. The first-order valence-corrected chi connectivity index (χ1v) is 6.95. The average molecular weight is 376 g/mol. The van der Waals surface area contributed by atoms with Crippen LogP contribution < -0.4 is 10.6 Å². The molecule has 0 saturated carbocycles. The molecule has 0 radical (unpaired) electrons. The quantitative estimate of drug-likeness (QED) is 0.795. The molecule has 2 rings (SSSR count). The van der Waals surface area contributed by atoms with Crippen molar-refractivity contribution in [2.45, 2.75) is 37.3 Å². The molecule has 11 heteroatoms. The summed E-state index contributed by atoms with van der Waals surface area (Å²) in [6, 6.07) is -0.370. The lowest BCUT2D eigenvalue weighted by atomic mass is 10.0. The molecule has 140 valence electrons.